The van der Waals surface area contributed by atoms with Gasteiger partial charge in [-0.2, -0.15) is 0 Å². The van der Waals surface area contributed by atoms with Crippen LogP contribution in [0, 0.1) is 0 Å². The van der Waals surface area contributed by atoms with E-state index in [1.54, 1.807) is 0 Å². The van der Waals surface area contributed by atoms with E-state index in [4.69, 9.17) is 15.7 Å². The van der Waals surface area contributed by atoms with Crippen molar-refractivity contribution in [3.63, 3.8) is 0 Å². The van der Waals surface area contributed by atoms with E-state index in [9.17, 15) is 0 Å². The van der Waals surface area contributed by atoms with Crippen LogP contribution in [0.4, 0.5) is 0 Å². The first-order valence-corrected chi connectivity index (χ1v) is 4.32. The van der Waals surface area contributed by atoms with Gasteiger partial charge in [-0.3, -0.25) is 0 Å². The molecule has 0 aromatic heterocycles. The molecule has 1 aromatic rings. The van der Waals surface area contributed by atoms with Crippen LogP contribution in [0.1, 0.15) is 23.6 Å². The van der Waals surface area contributed by atoms with Gasteiger partial charge in [0.25, 0.3) is 0 Å². The maximum atomic E-state index is 5.56. The Morgan fingerprint density at radius 1 is 0.917 bits per heavy atom. The van der Waals surface area contributed by atoms with Crippen molar-refractivity contribution in [3.8, 4) is 0 Å². The summed E-state index contributed by atoms with van der Waals surface area (Å²) < 4.78 is 0. The maximum Gasteiger partial charge on any atom is 0.0716 e. The molecule has 0 nitrogen and oxygen atoms in total. The number of benzene rings is 1. The lowest BCUT2D eigenvalue weighted by Gasteiger charge is -2.05. The van der Waals surface area contributed by atoms with E-state index in [-0.39, 0.29) is 0 Å². The van der Waals surface area contributed by atoms with Crippen LogP contribution in [0.3, 0.4) is 0 Å². The maximum absolute atomic E-state index is 5.56. The molecule has 0 bridgehead atoms. The molecule has 1 rings (SSSR count). The zero-order chi connectivity index (χ0) is 8.97. The van der Waals surface area contributed by atoms with Gasteiger partial charge in [-0.05, 0) is 12.0 Å². The van der Waals surface area contributed by atoms with Crippen LogP contribution >= 0.6 is 0 Å². The van der Waals surface area contributed by atoms with Gasteiger partial charge in [0.1, 0.15) is 0 Å². The minimum atomic E-state index is 0.598. The van der Waals surface area contributed by atoms with Crippen LogP contribution in [0.15, 0.2) is 18.2 Å². The van der Waals surface area contributed by atoms with E-state index >= 15 is 0 Å². The average Bonchev–Trinajstić information content (AvgIpc) is 2.16. The summed E-state index contributed by atoms with van der Waals surface area (Å²) in [5.41, 5.74) is 3.67. The number of hydrogen-bond donors (Lipinski definition) is 0. The molecule has 0 heterocycles. The molecule has 0 atom stereocenters. The Morgan fingerprint density at radius 2 is 1.33 bits per heavy atom. The highest BCUT2D eigenvalue weighted by Crippen LogP contribution is 2.10. The van der Waals surface area contributed by atoms with Crippen LogP contribution in [0.25, 0.3) is 0 Å². The van der Waals surface area contributed by atoms with Gasteiger partial charge in [0.05, 0.1) is 15.7 Å². The van der Waals surface area contributed by atoms with Crippen molar-refractivity contribution in [2.24, 2.45) is 0 Å². The highest BCUT2D eigenvalue weighted by atomic mass is 14.0. The SMILES string of the molecule is [B]Cc1cc(C[B])cc(CC)c1. The Morgan fingerprint density at radius 3 is 1.67 bits per heavy atom. The molecule has 58 valence electrons. The molecular weight excluding hydrogens is 142 g/mol. The zero-order valence-electron chi connectivity index (χ0n) is 7.51. The zero-order valence-corrected chi connectivity index (χ0v) is 7.51. The summed E-state index contributed by atoms with van der Waals surface area (Å²) in [6.07, 6.45) is 2.24. The lowest BCUT2D eigenvalue weighted by molar-refractivity contribution is 1.11. The molecule has 0 N–H and O–H groups in total. The molecule has 0 spiro atoms. The molecule has 0 fully saturated rings. The third kappa shape index (κ3) is 2.17. The second kappa shape index (κ2) is 4.39. The van der Waals surface area contributed by atoms with Gasteiger partial charge in [0.15, 0.2) is 0 Å². The Hall–Kier alpha value is -0.650. The highest BCUT2D eigenvalue weighted by molar-refractivity contribution is 6.09. The molecule has 12 heavy (non-hydrogen) atoms. The number of hydrogen-bond acceptors (Lipinski definition) is 0. The number of rotatable bonds is 3. The van der Waals surface area contributed by atoms with Crippen molar-refractivity contribution in [2.45, 2.75) is 26.0 Å². The van der Waals surface area contributed by atoms with Crippen LogP contribution in [-0.4, -0.2) is 15.7 Å². The molecule has 0 saturated heterocycles. The first-order valence-electron chi connectivity index (χ1n) is 4.32. The monoisotopic (exact) mass is 154 g/mol. The summed E-state index contributed by atoms with van der Waals surface area (Å²) in [6.45, 7) is 2.13. The van der Waals surface area contributed by atoms with Crippen molar-refractivity contribution >= 4 is 15.7 Å². The third-order valence-electron chi connectivity index (χ3n) is 1.99. The average molecular weight is 154 g/mol. The van der Waals surface area contributed by atoms with Crippen molar-refractivity contribution < 1.29 is 0 Å². The van der Waals surface area contributed by atoms with Crippen molar-refractivity contribution in [2.75, 3.05) is 0 Å². The molecular formula is C10H12B2. The lowest BCUT2D eigenvalue weighted by atomic mass is 9.89. The molecule has 0 aliphatic heterocycles. The van der Waals surface area contributed by atoms with Gasteiger partial charge in [-0.25, -0.2) is 0 Å². The molecule has 1 aromatic carbocycles. The van der Waals surface area contributed by atoms with Crippen molar-refractivity contribution in [1.29, 1.82) is 0 Å². The van der Waals surface area contributed by atoms with Gasteiger partial charge in [0, 0.05) is 0 Å². The van der Waals surface area contributed by atoms with Gasteiger partial charge in [-0.1, -0.05) is 48.9 Å². The molecule has 0 unspecified atom stereocenters. The van der Waals surface area contributed by atoms with Crippen LogP contribution in [0.5, 0.6) is 0 Å². The Kier molecular flexibility index (Phi) is 3.46. The van der Waals surface area contributed by atoms with E-state index in [1.807, 2.05) is 0 Å². The normalized spacial score (nSPS) is 10.1. The fourth-order valence-corrected chi connectivity index (χ4v) is 1.28. The van der Waals surface area contributed by atoms with Crippen LogP contribution in [0.2, 0.25) is 0 Å². The topological polar surface area (TPSA) is 0 Å². The quantitative estimate of drug-likeness (QED) is 0.579. The van der Waals surface area contributed by atoms with E-state index in [0.717, 1.165) is 6.42 Å². The summed E-state index contributed by atoms with van der Waals surface area (Å²) in [7, 11) is 11.1. The van der Waals surface area contributed by atoms with Crippen LogP contribution < -0.4 is 0 Å². The van der Waals surface area contributed by atoms with E-state index in [0.29, 0.717) is 12.6 Å². The summed E-state index contributed by atoms with van der Waals surface area (Å²) in [5, 5.41) is 0. The van der Waals surface area contributed by atoms with Gasteiger partial charge in [-0.15, -0.1) is 0 Å². The summed E-state index contributed by atoms with van der Waals surface area (Å²) in [4.78, 5) is 0. The van der Waals surface area contributed by atoms with Gasteiger partial charge >= 0.3 is 0 Å². The molecule has 0 aliphatic rings. The molecule has 2 heteroatoms. The largest absolute Gasteiger partial charge is 0.0716 e. The minimum Gasteiger partial charge on any atom is -0.0643 e. The Balaban J connectivity index is 3.01. The Labute approximate surface area is 77.2 Å². The summed E-state index contributed by atoms with van der Waals surface area (Å²) in [5.74, 6) is 0. The summed E-state index contributed by atoms with van der Waals surface area (Å²) in [6, 6.07) is 6.34. The Bertz CT molecular complexity index is 201. The highest BCUT2D eigenvalue weighted by Gasteiger charge is 1.96. The van der Waals surface area contributed by atoms with E-state index in [1.165, 1.54) is 16.7 Å². The first kappa shape index (κ1) is 9.44. The molecule has 4 radical (unpaired) electrons. The van der Waals surface area contributed by atoms with Crippen molar-refractivity contribution in [1.82, 2.24) is 0 Å². The molecule has 0 aliphatic carbocycles. The number of aryl methyl sites for hydroxylation is 1. The van der Waals surface area contributed by atoms with E-state index < -0.39 is 0 Å². The van der Waals surface area contributed by atoms with Gasteiger partial charge < -0.3 is 0 Å². The van der Waals surface area contributed by atoms with E-state index in [2.05, 4.69) is 25.1 Å². The predicted molar refractivity (Wildman–Crippen MR) is 54.7 cm³/mol. The van der Waals surface area contributed by atoms with Crippen molar-refractivity contribution in [3.05, 3.63) is 34.9 Å². The first-order chi connectivity index (χ1) is 5.80. The fourth-order valence-electron chi connectivity index (χ4n) is 1.28. The summed E-state index contributed by atoms with van der Waals surface area (Å²) >= 11 is 0. The fraction of sp³-hybridized carbons (Fsp3) is 0.400. The predicted octanol–water partition coefficient (Wildman–Crippen LogP) is 1.59. The minimum absolute atomic E-state index is 0.598. The molecule has 0 amide bonds. The standard InChI is InChI=1S/C10H12B2/c1-2-8-3-9(6-11)5-10(4-8)7-12/h3-5H,2,6-7H2,1H3. The smallest absolute Gasteiger partial charge is 0.0643 e. The van der Waals surface area contributed by atoms with Crippen LogP contribution in [-0.2, 0) is 19.1 Å². The third-order valence-corrected chi connectivity index (χ3v) is 1.99. The second-order valence-electron chi connectivity index (χ2n) is 2.92. The second-order valence-corrected chi connectivity index (χ2v) is 2.92. The lowest BCUT2D eigenvalue weighted by Crippen LogP contribution is -1.93. The van der Waals surface area contributed by atoms with Gasteiger partial charge in [0.2, 0.25) is 0 Å². The molecule has 0 saturated carbocycles.